The molecule has 3 heterocycles. The third-order valence-electron chi connectivity index (χ3n) is 6.14. The first-order valence-electron chi connectivity index (χ1n) is 9.32. The molecule has 0 aromatic carbocycles. The first kappa shape index (κ1) is 17.1. The van der Waals surface area contributed by atoms with Gasteiger partial charge in [-0.3, -0.25) is 5.43 Å². The number of likely N-dealkylation sites (tertiary alicyclic amines) is 1. The number of hydrogen-bond donors (Lipinski definition) is 1. The van der Waals surface area contributed by atoms with Gasteiger partial charge in [0.1, 0.15) is 0 Å². The second-order valence-corrected chi connectivity index (χ2v) is 10.00. The summed E-state index contributed by atoms with van der Waals surface area (Å²) in [6.07, 6.45) is 11.0. The van der Waals surface area contributed by atoms with E-state index in [4.69, 9.17) is 0 Å². The Bertz CT molecular complexity index is 741. The van der Waals surface area contributed by atoms with Gasteiger partial charge >= 0.3 is 0 Å². The van der Waals surface area contributed by atoms with Crippen LogP contribution in [0.5, 0.6) is 0 Å². The number of piperidine rings is 1. The fourth-order valence-electron chi connectivity index (χ4n) is 4.68. The zero-order valence-corrected chi connectivity index (χ0v) is 16.0. The van der Waals surface area contributed by atoms with Crippen molar-refractivity contribution in [2.45, 2.75) is 44.6 Å². The van der Waals surface area contributed by atoms with E-state index in [1.54, 1.807) is 4.31 Å². The SMILES string of the molecule is CC12CC(N3CCCC3)=CC(C3CCN(S(C)(=O)=O)CC3)=C1C=NN2. The predicted octanol–water partition coefficient (Wildman–Crippen LogP) is 1.69. The van der Waals surface area contributed by atoms with E-state index in [-0.39, 0.29) is 5.54 Å². The van der Waals surface area contributed by atoms with Crippen LogP contribution >= 0.6 is 0 Å². The minimum atomic E-state index is -3.08. The maximum atomic E-state index is 11.8. The van der Waals surface area contributed by atoms with Crippen LogP contribution in [0.1, 0.15) is 39.0 Å². The van der Waals surface area contributed by atoms with Crippen molar-refractivity contribution in [3.05, 3.63) is 22.9 Å². The second kappa shape index (κ2) is 6.13. The van der Waals surface area contributed by atoms with Crippen molar-refractivity contribution in [2.24, 2.45) is 11.0 Å². The summed E-state index contributed by atoms with van der Waals surface area (Å²) < 4.78 is 25.2. The van der Waals surface area contributed by atoms with Gasteiger partial charge in [-0.15, -0.1) is 0 Å². The number of hydrazone groups is 1. The van der Waals surface area contributed by atoms with Crippen LogP contribution in [0.2, 0.25) is 0 Å². The summed E-state index contributed by atoms with van der Waals surface area (Å²) in [7, 11) is -3.08. The largest absolute Gasteiger partial charge is 0.375 e. The maximum absolute atomic E-state index is 11.8. The van der Waals surface area contributed by atoms with Crippen molar-refractivity contribution < 1.29 is 8.42 Å². The molecule has 1 aliphatic carbocycles. The van der Waals surface area contributed by atoms with Crippen LogP contribution < -0.4 is 5.43 Å². The molecule has 1 unspecified atom stereocenters. The molecule has 4 aliphatic rings. The summed E-state index contributed by atoms with van der Waals surface area (Å²) >= 11 is 0. The van der Waals surface area contributed by atoms with Crippen LogP contribution in [0.4, 0.5) is 0 Å². The topological polar surface area (TPSA) is 65.0 Å². The Morgan fingerprint density at radius 3 is 2.52 bits per heavy atom. The maximum Gasteiger partial charge on any atom is 0.211 e. The molecular formula is C18H28N4O2S. The Morgan fingerprint density at radius 2 is 1.88 bits per heavy atom. The molecule has 6 nitrogen and oxygen atoms in total. The van der Waals surface area contributed by atoms with Gasteiger partial charge in [0.25, 0.3) is 0 Å². The Kier molecular flexibility index (Phi) is 4.19. The van der Waals surface area contributed by atoms with E-state index >= 15 is 0 Å². The Hall–Kier alpha value is -1.34. The lowest BCUT2D eigenvalue weighted by Gasteiger charge is -2.39. The molecule has 2 fully saturated rings. The number of allylic oxidation sites excluding steroid dienone is 2. The predicted molar refractivity (Wildman–Crippen MR) is 99.7 cm³/mol. The van der Waals surface area contributed by atoms with Gasteiger partial charge in [0.2, 0.25) is 10.0 Å². The average molecular weight is 365 g/mol. The fourth-order valence-corrected chi connectivity index (χ4v) is 5.56. The normalized spacial score (nSPS) is 31.3. The Balaban J connectivity index is 1.61. The van der Waals surface area contributed by atoms with Gasteiger partial charge in [-0.05, 0) is 50.2 Å². The average Bonchev–Trinajstić information content (AvgIpc) is 3.22. The van der Waals surface area contributed by atoms with Gasteiger partial charge in [-0.1, -0.05) is 0 Å². The van der Waals surface area contributed by atoms with Gasteiger partial charge < -0.3 is 4.90 Å². The highest BCUT2D eigenvalue weighted by Gasteiger charge is 2.41. The van der Waals surface area contributed by atoms with Gasteiger partial charge in [0.15, 0.2) is 0 Å². The molecule has 4 rings (SSSR count). The molecule has 3 aliphatic heterocycles. The van der Waals surface area contributed by atoms with E-state index in [0.29, 0.717) is 19.0 Å². The molecular weight excluding hydrogens is 336 g/mol. The first-order valence-corrected chi connectivity index (χ1v) is 11.2. The molecule has 25 heavy (non-hydrogen) atoms. The summed E-state index contributed by atoms with van der Waals surface area (Å²) in [4.78, 5) is 2.52. The third kappa shape index (κ3) is 3.12. The van der Waals surface area contributed by atoms with Crippen LogP contribution in [-0.4, -0.2) is 61.8 Å². The van der Waals surface area contributed by atoms with Crippen molar-refractivity contribution in [1.82, 2.24) is 14.6 Å². The van der Waals surface area contributed by atoms with Gasteiger partial charge in [0.05, 0.1) is 18.0 Å². The van der Waals surface area contributed by atoms with E-state index in [1.807, 2.05) is 6.21 Å². The van der Waals surface area contributed by atoms with Crippen LogP contribution in [0.3, 0.4) is 0 Å². The number of fused-ring (bicyclic) bond motifs is 1. The summed E-state index contributed by atoms with van der Waals surface area (Å²) in [5.41, 5.74) is 7.30. The highest BCUT2D eigenvalue weighted by atomic mass is 32.2. The van der Waals surface area contributed by atoms with Gasteiger partial charge in [-0.2, -0.15) is 5.10 Å². The molecule has 0 aromatic rings. The summed E-state index contributed by atoms with van der Waals surface area (Å²) in [5.74, 6) is 0.413. The standard InChI is InChI=1S/C18H28N4O2S/c1-18-12-15(21-7-3-4-8-21)11-16(17(18)13-19-20-18)14-5-9-22(10-6-14)25(2,23)24/h11,13-14,20H,3-10,12H2,1-2H3. The molecule has 0 bridgehead atoms. The number of sulfonamides is 1. The summed E-state index contributed by atoms with van der Waals surface area (Å²) in [5, 5.41) is 4.37. The fraction of sp³-hybridized carbons (Fsp3) is 0.722. The van der Waals surface area contributed by atoms with Crippen molar-refractivity contribution in [1.29, 1.82) is 0 Å². The van der Waals surface area contributed by atoms with E-state index in [1.165, 1.54) is 35.9 Å². The number of nitrogens with zero attached hydrogens (tertiary/aromatic N) is 3. The lowest BCUT2D eigenvalue weighted by atomic mass is 9.75. The van der Waals surface area contributed by atoms with Crippen LogP contribution in [0, 0.1) is 5.92 Å². The minimum Gasteiger partial charge on any atom is -0.375 e. The number of rotatable bonds is 3. The third-order valence-corrected chi connectivity index (χ3v) is 7.45. The van der Waals surface area contributed by atoms with Crippen molar-refractivity contribution in [2.75, 3.05) is 32.4 Å². The monoisotopic (exact) mass is 364 g/mol. The van der Waals surface area contributed by atoms with E-state index in [0.717, 1.165) is 32.4 Å². The lowest BCUT2D eigenvalue weighted by Crippen LogP contribution is -2.44. The molecule has 0 saturated carbocycles. The summed E-state index contributed by atoms with van der Waals surface area (Å²) in [6, 6.07) is 0. The lowest BCUT2D eigenvalue weighted by molar-refractivity contribution is 0.293. The molecule has 2 saturated heterocycles. The number of nitrogens with one attached hydrogen (secondary N) is 1. The highest BCUT2D eigenvalue weighted by molar-refractivity contribution is 7.88. The smallest absolute Gasteiger partial charge is 0.211 e. The highest BCUT2D eigenvalue weighted by Crippen LogP contribution is 2.41. The molecule has 138 valence electrons. The van der Waals surface area contributed by atoms with Crippen LogP contribution in [0.25, 0.3) is 0 Å². The Morgan fingerprint density at radius 1 is 1.20 bits per heavy atom. The first-order chi connectivity index (χ1) is 11.9. The molecule has 0 aromatic heterocycles. The zero-order chi connectivity index (χ0) is 17.7. The second-order valence-electron chi connectivity index (χ2n) is 8.01. The summed E-state index contributed by atoms with van der Waals surface area (Å²) in [6.45, 7) is 5.78. The van der Waals surface area contributed by atoms with Crippen LogP contribution in [0.15, 0.2) is 28.0 Å². The van der Waals surface area contributed by atoms with E-state index < -0.39 is 10.0 Å². The van der Waals surface area contributed by atoms with Crippen molar-refractivity contribution in [3.63, 3.8) is 0 Å². The zero-order valence-electron chi connectivity index (χ0n) is 15.2. The van der Waals surface area contributed by atoms with E-state index in [9.17, 15) is 8.42 Å². The molecule has 7 heteroatoms. The molecule has 0 radical (unpaired) electrons. The van der Waals surface area contributed by atoms with E-state index in [2.05, 4.69) is 28.4 Å². The minimum absolute atomic E-state index is 0.115. The van der Waals surface area contributed by atoms with Crippen molar-refractivity contribution >= 4 is 16.2 Å². The molecule has 1 atom stereocenters. The van der Waals surface area contributed by atoms with Gasteiger partial charge in [-0.25, -0.2) is 12.7 Å². The quantitative estimate of drug-likeness (QED) is 0.828. The van der Waals surface area contributed by atoms with Crippen LogP contribution in [-0.2, 0) is 10.0 Å². The number of hydrogen-bond acceptors (Lipinski definition) is 5. The molecule has 0 amide bonds. The van der Waals surface area contributed by atoms with Gasteiger partial charge in [0, 0.05) is 43.9 Å². The molecule has 1 N–H and O–H groups in total. The Labute approximate surface area is 150 Å². The van der Waals surface area contributed by atoms with Crippen molar-refractivity contribution in [3.8, 4) is 0 Å². The molecule has 0 spiro atoms.